The molecule has 3 heterocycles. The van der Waals surface area contributed by atoms with Crippen LogP contribution in [0.15, 0.2) is 53.5 Å². The summed E-state index contributed by atoms with van der Waals surface area (Å²) in [5.74, 6) is 0.941. The van der Waals surface area contributed by atoms with Gasteiger partial charge in [0.1, 0.15) is 0 Å². The Morgan fingerprint density at radius 3 is 2.24 bits per heavy atom. The number of aromatic nitrogens is 4. The van der Waals surface area contributed by atoms with E-state index in [2.05, 4.69) is 20.2 Å². The quantitative estimate of drug-likeness (QED) is 0.667. The summed E-state index contributed by atoms with van der Waals surface area (Å²) in [5.41, 5.74) is 1.66. The molecule has 3 aromatic heterocycles. The highest BCUT2D eigenvalue weighted by atomic mass is 16.4. The van der Waals surface area contributed by atoms with Crippen molar-refractivity contribution in [2.75, 3.05) is 0 Å². The molecule has 0 unspecified atom stereocenters. The minimum Gasteiger partial charge on any atom is -0.416 e. The smallest absolute Gasteiger partial charge is 0.249 e. The first-order valence-corrected chi connectivity index (χ1v) is 5.08. The van der Waals surface area contributed by atoms with Crippen LogP contribution in [0.5, 0.6) is 0 Å². The van der Waals surface area contributed by atoms with Crippen LogP contribution in [0.25, 0.3) is 22.9 Å². The van der Waals surface area contributed by atoms with Gasteiger partial charge < -0.3 is 4.42 Å². The predicted octanol–water partition coefficient (Wildman–Crippen LogP) is 2.19. The van der Waals surface area contributed by atoms with E-state index in [1.165, 1.54) is 0 Å². The monoisotopic (exact) mass is 224 g/mol. The molecule has 0 aliphatic carbocycles. The number of nitrogens with zero attached hydrogens (tertiary/aromatic N) is 4. The van der Waals surface area contributed by atoms with Crippen molar-refractivity contribution in [3.63, 3.8) is 0 Å². The van der Waals surface area contributed by atoms with Gasteiger partial charge in [-0.2, -0.15) is 0 Å². The normalized spacial score (nSPS) is 10.4. The molecule has 5 nitrogen and oxygen atoms in total. The molecule has 5 heteroatoms. The molecular formula is C12H8N4O. The summed E-state index contributed by atoms with van der Waals surface area (Å²) in [7, 11) is 0. The van der Waals surface area contributed by atoms with E-state index >= 15 is 0 Å². The van der Waals surface area contributed by atoms with E-state index in [1.54, 1.807) is 24.8 Å². The summed E-state index contributed by atoms with van der Waals surface area (Å²) >= 11 is 0. The first-order valence-electron chi connectivity index (χ1n) is 5.08. The lowest BCUT2D eigenvalue weighted by Gasteiger charge is -1.93. The van der Waals surface area contributed by atoms with Gasteiger partial charge in [-0.1, -0.05) is 0 Å². The molecule has 0 saturated heterocycles. The molecule has 0 aromatic carbocycles. The molecule has 0 amide bonds. The highest BCUT2D eigenvalue weighted by Crippen LogP contribution is 2.22. The molecule has 3 rings (SSSR count). The minimum atomic E-state index is 0.463. The van der Waals surface area contributed by atoms with E-state index in [0.29, 0.717) is 11.8 Å². The van der Waals surface area contributed by atoms with Gasteiger partial charge in [0, 0.05) is 30.4 Å². The Labute approximate surface area is 97.2 Å². The lowest BCUT2D eigenvalue weighted by Crippen LogP contribution is -1.78. The number of hydrogen-bond donors (Lipinski definition) is 0. The highest BCUT2D eigenvalue weighted by Gasteiger charge is 2.09. The maximum atomic E-state index is 5.57. The first-order chi connectivity index (χ1) is 8.43. The zero-order valence-electron chi connectivity index (χ0n) is 8.82. The zero-order valence-corrected chi connectivity index (χ0v) is 8.82. The average molecular weight is 224 g/mol. The van der Waals surface area contributed by atoms with E-state index < -0.39 is 0 Å². The van der Waals surface area contributed by atoms with Crippen LogP contribution in [0.4, 0.5) is 0 Å². The van der Waals surface area contributed by atoms with Crippen LogP contribution in [0, 0.1) is 0 Å². The van der Waals surface area contributed by atoms with Crippen molar-refractivity contribution in [3.05, 3.63) is 49.1 Å². The largest absolute Gasteiger partial charge is 0.416 e. The third-order valence-electron chi connectivity index (χ3n) is 2.26. The lowest BCUT2D eigenvalue weighted by molar-refractivity contribution is 0.584. The van der Waals surface area contributed by atoms with Crippen LogP contribution in [0.1, 0.15) is 0 Å². The van der Waals surface area contributed by atoms with E-state index in [-0.39, 0.29) is 0 Å². The maximum Gasteiger partial charge on any atom is 0.249 e. The van der Waals surface area contributed by atoms with Gasteiger partial charge in [-0.05, 0) is 24.3 Å². The van der Waals surface area contributed by atoms with Gasteiger partial charge >= 0.3 is 0 Å². The number of hydrogen-bond acceptors (Lipinski definition) is 5. The third-order valence-corrected chi connectivity index (χ3v) is 2.26. The minimum absolute atomic E-state index is 0.463. The zero-order chi connectivity index (χ0) is 11.5. The SMILES string of the molecule is c1cncc(-c2nnc(-c3ccncc3)o2)c1. The standard InChI is InChI=1S/C12H8N4O/c1-2-10(8-14-5-1)12-16-15-11(17-12)9-3-6-13-7-4-9/h1-8H. The van der Waals surface area contributed by atoms with Gasteiger partial charge in [-0.3, -0.25) is 9.97 Å². The summed E-state index contributed by atoms with van der Waals surface area (Å²) < 4.78 is 5.57. The van der Waals surface area contributed by atoms with Crippen molar-refractivity contribution >= 4 is 0 Å². The van der Waals surface area contributed by atoms with Crippen LogP contribution in [0.3, 0.4) is 0 Å². The van der Waals surface area contributed by atoms with Gasteiger partial charge in [0.05, 0.1) is 5.56 Å². The second-order valence-electron chi connectivity index (χ2n) is 3.39. The topological polar surface area (TPSA) is 64.7 Å². The fourth-order valence-electron chi connectivity index (χ4n) is 1.44. The van der Waals surface area contributed by atoms with Gasteiger partial charge in [0.15, 0.2) is 0 Å². The summed E-state index contributed by atoms with van der Waals surface area (Å²) in [5, 5.41) is 7.98. The van der Waals surface area contributed by atoms with Gasteiger partial charge in [0.25, 0.3) is 0 Å². The van der Waals surface area contributed by atoms with Crippen molar-refractivity contribution in [1.29, 1.82) is 0 Å². The molecule has 0 bridgehead atoms. The second kappa shape index (κ2) is 4.13. The van der Waals surface area contributed by atoms with Crippen LogP contribution >= 0.6 is 0 Å². The Bertz CT molecular complexity index is 553. The average Bonchev–Trinajstić information content (AvgIpc) is 2.90. The Morgan fingerprint density at radius 1 is 0.765 bits per heavy atom. The highest BCUT2D eigenvalue weighted by molar-refractivity contribution is 5.56. The van der Waals surface area contributed by atoms with Crippen molar-refractivity contribution in [2.45, 2.75) is 0 Å². The summed E-state index contributed by atoms with van der Waals surface area (Å²) in [6.07, 6.45) is 6.75. The van der Waals surface area contributed by atoms with Crippen LogP contribution < -0.4 is 0 Å². The molecule has 0 aliphatic rings. The van der Waals surface area contributed by atoms with Crippen LogP contribution in [-0.4, -0.2) is 20.2 Å². The number of pyridine rings is 2. The van der Waals surface area contributed by atoms with Crippen molar-refractivity contribution in [1.82, 2.24) is 20.2 Å². The fourth-order valence-corrected chi connectivity index (χ4v) is 1.44. The molecule has 0 fully saturated rings. The molecule has 3 aromatic rings. The maximum absolute atomic E-state index is 5.57. The van der Waals surface area contributed by atoms with E-state index in [9.17, 15) is 0 Å². The van der Waals surface area contributed by atoms with Crippen LogP contribution in [-0.2, 0) is 0 Å². The molecule has 82 valence electrons. The second-order valence-corrected chi connectivity index (χ2v) is 3.39. The van der Waals surface area contributed by atoms with E-state index in [1.807, 2.05) is 24.3 Å². The molecule has 0 radical (unpaired) electrons. The molecule has 0 saturated carbocycles. The van der Waals surface area contributed by atoms with Crippen molar-refractivity contribution in [2.24, 2.45) is 0 Å². The fraction of sp³-hybridized carbons (Fsp3) is 0. The number of rotatable bonds is 2. The molecule has 17 heavy (non-hydrogen) atoms. The van der Waals surface area contributed by atoms with Crippen molar-refractivity contribution in [3.8, 4) is 22.9 Å². The lowest BCUT2D eigenvalue weighted by atomic mass is 10.3. The van der Waals surface area contributed by atoms with Crippen molar-refractivity contribution < 1.29 is 4.42 Å². The van der Waals surface area contributed by atoms with E-state index in [0.717, 1.165) is 11.1 Å². The molecule has 0 N–H and O–H groups in total. The molecule has 0 atom stereocenters. The molecular weight excluding hydrogens is 216 g/mol. The Morgan fingerprint density at radius 2 is 1.53 bits per heavy atom. The Hall–Kier alpha value is -2.56. The van der Waals surface area contributed by atoms with E-state index in [4.69, 9.17) is 4.42 Å². The van der Waals surface area contributed by atoms with Gasteiger partial charge in [-0.15, -0.1) is 10.2 Å². The third kappa shape index (κ3) is 1.90. The van der Waals surface area contributed by atoms with Gasteiger partial charge in [-0.25, -0.2) is 0 Å². The van der Waals surface area contributed by atoms with Gasteiger partial charge in [0.2, 0.25) is 11.8 Å². The Kier molecular flexibility index (Phi) is 2.34. The summed E-state index contributed by atoms with van der Waals surface area (Å²) in [4.78, 5) is 7.94. The molecule has 0 aliphatic heterocycles. The van der Waals surface area contributed by atoms with Crippen LogP contribution in [0.2, 0.25) is 0 Å². The Balaban J connectivity index is 1.99. The predicted molar refractivity (Wildman–Crippen MR) is 60.8 cm³/mol. The summed E-state index contributed by atoms with van der Waals surface area (Å²) in [6, 6.07) is 7.34. The molecule has 0 spiro atoms. The first kappa shape index (κ1) is 9.65. The summed E-state index contributed by atoms with van der Waals surface area (Å²) in [6.45, 7) is 0.